The molecule has 0 aliphatic carbocycles. The van der Waals surface area contributed by atoms with E-state index in [0.717, 1.165) is 23.0 Å². The highest BCUT2D eigenvalue weighted by Gasteiger charge is 2.31. The minimum Gasteiger partial charge on any atom is -0.467 e. The van der Waals surface area contributed by atoms with E-state index in [-0.39, 0.29) is 17.7 Å². The number of ether oxygens (including phenoxy) is 1. The number of nitro benzene ring substituents is 1. The average molecular weight is 337 g/mol. The summed E-state index contributed by atoms with van der Waals surface area (Å²) in [6, 6.07) is 4.22. The number of carbonyl (C=O) groups is 1. The minimum atomic E-state index is -0.426. The standard InChI is InChI=1S/C15H19N3O4S/c1-4-13(14(19)22-3)17-7-8-23-15(17)16-12-6-5-11(18(20)21)9-10(12)2/h5-6,9,13H,4,7-8H2,1-3H3. The smallest absolute Gasteiger partial charge is 0.328 e. The van der Waals surface area contributed by atoms with Crippen molar-refractivity contribution in [2.45, 2.75) is 26.3 Å². The molecule has 7 nitrogen and oxygen atoms in total. The van der Waals surface area contributed by atoms with E-state index in [1.165, 1.54) is 19.2 Å². The maximum atomic E-state index is 11.9. The van der Waals surface area contributed by atoms with Crippen LogP contribution in [0.25, 0.3) is 0 Å². The third-order valence-electron chi connectivity index (χ3n) is 3.65. The Bertz CT molecular complexity index is 648. The molecule has 2 rings (SSSR count). The molecule has 0 radical (unpaired) electrons. The van der Waals surface area contributed by atoms with Gasteiger partial charge in [0.25, 0.3) is 5.69 Å². The molecule has 1 aliphatic rings. The fraction of sp³-hybridized carbons (Fsp3) is 0.467. The number of nitro groups is 1. The monoisotopic (exact) mass is 337 g/mol. The molecule has 1 aromatic rings. The first-order valence-electron chi connectivity index (χ1n) is 7.29. The van der Waals surface area contributed by atoms with Crippen molar-refractivity contribution < 1.29 is 14.5 Å². The van der Waals surface area contributed by atoms with Crippen LogP contribution in [0.2, 0.25) is 0 Å². The van der Waals surface area contributed by atoms with Crippen molar-refractivity contribution in [3.05, 3.63) is 33.9 Å². The first-order chi connectivity index (χ1) is 11.0. The number of hydrogen-bond donors (Lipinski definition) is 0. The van der Waals surface area contributed by atoms with Gasteiger partial charge >= 0.3 is 5.97 Å². The number of aliphatic imine (C=N–C) groups is 1. The Hall–Kier alpha value is -2.09. The van der Waals surface area contributed by atoms with E-state index in [0.29, 0.717) is 12.1 Å². The van der Waals surface area contributed by atoms with Gasteiger partial charge in [0.15, 0.2) is 5.17 Å². The zero-order valence-electron chi connectivity index (χ0n) is 13.3. The van der Waals surface area contributed by atoms with Crippen molar-refractivity contribution in [3.63, 3.8) is 0 Å². The summed E-state index contributed by atoms with van der Waals surface area (Å²) in [6.45, 7) is 4.44. The highest BCUT2D eigenvalue weighted by atomic mass is 32.2. The molecule has 0 spiro atoms. The number of rotatable bonds is 5. The number of carbonyl (C=O) groups excluding carboxylic acids is 1. The van der Waals surface area contributed by atoms with Gasteiger partial charge in [-0.2, -0.15) is 0 Å². The number of aryl methyl sites for hydroxylation is 1. The SMILES string of the molecule is CCC(C(=O)OC)N1CCSC1=Nc1ccc([N+](=O)[O-])cc1C. The first kappa shape index (κ1) is 17.3. The van der Waals surface area contributed by atoms with Crippen molar-refractivity contribution in [1.82, 2.24) is 4.90 Å². The number of thioether (sulfide) groups is 1. The molecular weight excluding hydrogens is 318 g/mol. The van der Waals surface area contributed by atoms with Crippen molar-refractivity contribution in [3.8, 4) is 0 Å². The Morgan fingerprint density at radius 1 is 1.57 bits per heavy atom. The summed E-state index contributed by atoms with van der Waals surface area (Å²) >= 11 is 1.57. The summed E-state index contributed by atoms with van der Waals surface area (Å²) < 4.78 is 4.86. The Labute approximate surface area is 138 Å². The molecule has 1 heterocycles. The zero-order valence-corrected chi connectivity index (χ0v) is 14.1. The quantitative estimate of drug-likeness (QED) is 0.466. The van der Waals surface area contributed by atoms with E-state index < -0.39 is 4.92 Å². The molecule has 23 heavy (non-hydrogen) atoms. The van der Waals surface area contributed by atoms with Gasteiger partial charge in [0, 0.05) is 24.4 Å². The largest absolute Gasteiger partial charge is 0.467 e. The number of benzene rings is 1. The number of nitrogens with zero attached hydrogens (tertiary/aromatic N) is 3. The lowest BCUT2D eigenvalue weighted by Gasteiger charge is -2.25. The highest BCUT2D eigenvalue weighted by molar-refractivity contribution is 8.14. The van der Waals surface area contributed by atoms with Crippen LogP contribution in [0.3, 0.4) is 0 Å². The Morgan fingerprint density at radius 3 is 2.87 bits per heavy atom. The van der Waals surface area contributed by atoms with E-state index in [9.17, 15) is 14.9 Å². The number of amidine groups is 1. The Morgan fingerprint density at radius 2 is 2.30 bits per heavy atom. The fourth-order valence-electron chi connectivity index (χ4n) is 2.43. The van der Waals surface area contributed by atoms with Gasteiger partial charge in [-0.25, -0.2) is 9.79 Å². The molecule has 8 heteroatoms. The van der Waals surface area contributed by atoms with Crippen LogP contribution in [-0.2, 0) is 9.53 Å². The molecule has 1 unspecified atom stereocenters. The second-order valence-electron chi connectivity index (χ2n) is 5.11. The molecule has 124 valence electrons. The number of esters is 1. The second-order valence-corrected chi connectivity index (χ2v) is 6.17. The number of non-ortho nitro benzene ring substituents is 1. The molecule has 0 bridgehead atoms. The predicted octanol–water partition coefficient (Wildman–Crippen LogP) is 2.89. The topological polar surface area (TPSA) is 85.0 Å². The molecule has 0 aromatic heterocycles. The second kappa shape index (κ2) is 7.45. The van der Waals surface area contributed by atoms with Crippen LogP contribution in [0.4, 0.5) is 11.4 Å². The Kier molecular flexibility index (Phi) is 5.59. The molecule has 1 saturated heterocycles. The molecule has 1 atom stereocenters. The molecule has 0 saturated carbocycles. The summed E-state index contributed by atoms with van der Waals surface area (Å²) in [5.74, 6) is 0.571. The van der Waals surface area contributed by atoms with Crippen molar-refractivity contribution in [2.24, 2.45) is 4.99 Å². The van der Waals surface area contributed by atoms with Crippen LogP contribution in [0.15, 0.2) is 23.2 Å². The van der Waals surface area contributed by atoms with Gasteiger partial charge < -0.3 is 9.64 Å². The zero-order chi connectivity index (χ0) is 17.0. The van der Waals surface area contributed by atoms with Crippen molar-refractivity contribution in [1.29, 1.82) is 0 Å². The van der Waals surface area contributed by atoms with Gasteiger partial charge in [-0.15, -0.1) is 0 Å². The highest BCUT2D eigenvalue weighted by Crippen LogP contribution is 2.29. The molecule has 1 fully saturated rings. The molecule has 1 aromatic carbocycles. The van der Waals surface area contributed by atoms with E-state index in [1.54, 1.807) is 24.8 Å². The fourth-order valence-corrected chi connectivity index (χ4v) is 3.45. The number of methoxy groups -OCH3 is 1. The van der Waals surface area contributed by atoms with Gasteiger partial charge in [0.2, 0.25) is 0 Å². The van der Waals surface area contributed by atoms with E-state index >= 15 is 0 Å². The molecular formula is C15H19N3O4S. The lowest BCUT2D eigenvalue weighted by atomic mass is 10.2. The summed E-state index contributed by atoms with van der Waals surface area (Å²) in [7, 11) is 1.38. The normalized spacial score (nSPS) is 17.3. The van der Waals surface area contributed by atoms with Gasteiger partial charge in [0.05, 0.1) is 17.7 Å². The molecule has 1 aliphatic heterocycles. The van der Waals surface area contributed by atoms with E-state index in [4.69, 9.17) is 4.74 Å². The summed E-state index contributed by atoms with van der Waals surface area (Å²) in [6.07, 6.45) is 0.630. The predicted molar refractivity (Wildman–Crippen MR) is 90.2 cm³/mol. The molecule has 0 N–H and O–H groups in total. The molecule has 0 amide bonds. The van der Waals surface area contributed by atoms with E-state index in [2.05, 4.69) is 4.99 Å². The van der Waals surface area contributed by atoms with Crippen molar-refractivity contribution >= 4 is 34.3 Å². The first-order valence-corrected chi connectivity index (χ1v) is 8.27. The maximum Gasteiger partial charge on any atom is 0.328 e. The van der Waals surface area contributed by atoms with Crippen LogP contribution in [0, 0.1) is 17.0 Å². The summed E-state index contributed by atoms with van der Waals surface area (Å²) in [5, 5.41) is 11.6. The summed E-state index contributed by atoms with van der Waals surface area (Å²) in [4.78, 5) is 28.8. The van der Waals surface area contributed by atoms with Crippen LogP contribution in [0.5, 0.6) is 0 Å². The van der Waals surface area contributed by atoms with Gasteiger partial charge in [-0.1, -0.05) is 18.7 Å². The maximum absolute atomic E-state index is 11.9. The lowest BCUT2D eigenvalue weighted by molar-refractivity contribution is -0.384. The van der Waals surface area contributed by atoms with Gasteiger partial charge in [-0.3, -0.25) is 10.1 Å². The van der Waals surface area contributed by atoms with Crippen molar-refractivity contribution in [2.75, 3.05) is 19.4 Å². The average Bonchev–Trinajstić information content (AvgIpc) is 2.97. The van der Waals surface area contributed by atoms with E-state index in [1.807, 2.05) is 11.8 Å². The third kappa shape index (κ3) is 3.82. The van der Waals surface area contributed by atoms with Crippen LogP contribution < -0.4 is 0 Å². The Balaban J connectivity index is 2.30. The van der Waals surface area contributed by atoms with Crippen LogP contribution in [0.1, 0.15) is 18.9 Å². The van der Waals surface area contributed by atoms with Gasteiger partial charge in [0.1, 0.15) is 6.04 Å². The van der Waals surface area contributed by atoms with Crippen LogP contribution >= 0.6 is 11.8 Å². The summed E-state index contributed by atoms with van der Waals surface area (Å²) in [5.41, 5.74) is 1.44. The minimum absolute atomic E-state index is 0.0448. The van der Waals surface area contributed by atoms with Gasteiger partial charge in [-0.05, 0) is 25.0 Å². The third-order valence-corrected chi connectivity index (χ3v) is 4.62. The van der Waals surface area contributed by atoms with Crippen LogP contribution in [-0.4, -0.2) is 46.4 Å². The number of hydrogen-bond acceptors (Lipinski definition) is 6. The lowest BCUT2D eigenvalue weighted by Crippen LogP contribution is -2.42.